The fourth-order valence-electron chi connectivity index (χ4n) is 14.2. The molecule has 2 heterocycles. The number of nitrogens with one attached hydrogen (secondary N) is 3. The summed E-state index contributed by atoms with van der Waals surface area (Å²) in [6.07, 6.45) is 5.11. The van der Waals surface area contributed by atoms with Gasteiger partial charge >= 0.3 is 0 Å². The number of likely N-dealkylation sites (N-methyl/N-ethyl adjacent to an activating group) is 2. The number of nitrogens with two attached hydrogens (primary N) is 1. The van der Waals surface area contributed by atoms with Crippen molar-refractivity contribution in [3.05, 3.63) is 194 Å². The van der Waals surface area contributed by atoms with Gasteiger partial charge in [0.2, 0.25) is 0 Å². The first-order valence-electron chi connectivity index (χ1n) is 43.3. The number of ketones is 6. The molecule has 6 aromatic rings. The molecule has 0 unspecified atom stereocenters. The predicted molar refractivity (Wildman–Crippen MR) is 482 cm³/mol. The fourth-order valence-corrected chi connectivity index (χ4v) is 14.4. The molecular formula is C98H143BrF4N8O9. The van der Waals surface area contributed by atoms with E-state index < -0.39 is 17.5 Å². The Bertz CT molecular complexity index is 4020. The highest BCUT2D eigenvalue weighted by molar-refractivity contribution is 9.10. The number of hydrogen-bond donors (Lipinski definition) is 4. The van der Waals surface area contributed by atoms with Crippen LogP contribution in [0.2, 0.25) is 0 Å². The zero-order valence-electron chi connectivity index (χ0n) is 75.8. The van der Waals surface area contributed by atoms with Gasteiger partial charge in [0.05, 0.1) is 56.8 Å². The summed E-state index contributed by atoms with van der Waals surface area (Å²) in [5.41, 5.74) is 12.6. The van der Waals surface area contributed by atoms with E-state index in [1.165, 1.54) is 76.8 Å². The fraction of sp³-hybridized carbons (Fsp3) is 0.571. The number of piperazine rings is 2. The largest absolute Gasteiger partial charge is 0.494 e. The van der Waals surface area contributed by atoms with Crippen molar-refractivity contribution in [2.75, 3.05) is 140 Å². The molecule has 6 atom stereocenters. The second kappa shape index (κ2) is 52.3. The Morgan fingerprint density at radius 3 is 0.975 bits per heavy atom. The summed E-state index contributed by atoms with van der Waals surface area (Å²) in [6, 6.07) is 36.1. The van der Waals surface area contributed by atoms with Gasteiger partial charge in [0, 0.05) is 138 Å². The molecular weight excluding hydrogens is 1590 g/mol. The highest BCUT2D eigenvalue weighted by atomic mass is 79.9. The van der Waals surface area contributed by atoms with E-state index in [9.17, 15) is 46.3 Å². The molecule has 10 rings (SSSR count). The van der Waals surface area contributed by atoms with Crippen LogP contribution in [-0.4, -0.2) is 200 Å². The third kappa shape index (κ3) is 34.7. The summed E-state index contributed by atoms with van der Waals surface area (Å²) in [7, 11) is 8.53. The lowest BCUT2D eigenvalue weighted by Gasteiger charge is -2.34. The van der Waals surface area contributed by atoms with Crippen LogP contribution < -0.4 is 35.9 Å². The van der Waals surface area contributed by atoms with E-state index in [1.807, 2.05) is 126 Å². The number of aryl methyl sites for hydroxylation is 2. The molecule has 22 heteroatoms. The van der Waals surface area contributed by atoms with Gasteiger partial charge in [-0.1, -0.05) is 185 Å². The number of halogens is 5. The molecule has 6 aromatic carbocycles. The van der Waals surface area contributed by atoms with Crippen LogP contribution in [0, 0.1) is 84.5 Å². The Morgan fingerprint density at radius 2 is 0.675 bits per heavy atom. The third-order valence-electron chi connectivity index (χ3n) is 22.6. The van der Waals surface area contributed by atoms with Crippen LogP contribution >= 0.6 is 15.9 Å². The quantitative estimate of drug-likeness (QED) is 0.0268. The lowest BCUT2D eigenvalue weighted by atomic mass is 9.88. The topological polar surface area (TPSA) is 205 Å². The molecule has 4 fully saturated rings. The van der Waals surface area contributed by atoms with E-state index in [1.54, 1.807) is 37.3 Å². The van der Waals surface area contributed by atoms with Crippen molar-refractivity contribution >= 4 is 50.6 Å². The zero-order chi connectivity index (χ0) is 89.2. The molecule has 4 aliphatic rings. The van der Waals surface area contributed by atoms with Crippen molar-refractivity contribution in [1.29, 1.82) is 0 Å². The molecule has 0 amide bonds. The van der Waals surface area contributed by atoms with E-state index in [4.69, 9.17) is 19.9 Å². The molecule has 2 aliphatic carbocycles. The second-order valence-electron chi connectivity index (χ2n) is 35.0. The van der Waals surface area contributed by atoms with E-state index in [0.29, 0.717) is 50.1 Å². The van der Waals surface area contributed by atoms with Gasteiger partial charge in [0.1, 0.15) is 40.5 Å². The molecule has 2 saturated heterocycles. The Labute approximate surface area is 724 Å². The maximum absolute atomic E-state index is 14.0. The lowest BCUT2D eigenvalue weighted by molar-refractivity contribution is -0.124. The SMILES string of the molecule is CC(C)C(=O)[C@H](CN)c1ccc(Br)cc1.COc1ccc([C@@H](CN2CCN(C)CC2)C(=O)C(C)C)cc1F.COc1ccc([C@@H](CNCC2CC2)C(=O)C(C)C)cc1F.COc1ccc([C@H](CN2CCN(C)CC2)C(=O)C(C)C)cc1F.Cc1ccc([C@@H](CNC(C)C)C(=O)C(C)C)cc1.Cc1ccc([C@@H](CNCC2CC2)C(=O)C(C)C)cc1F. The monoisotopic (exact) mass is 1730 g/mol. The number of hydrogen-bond acceptors (Lipinski definition) is 17. The molecule has 2 aliphatic heterocycles. The molecule has 0 radical (unpaired) electrons. The summed E-state index contributed by atoms with van der Waals surface area (Å²) in [5.74, 6) is 0.378. The minimum absolute atomic E-state index is 0.0298. The summed E-state index contributed by atoms with van der Waals surface area (Å²) < 4.78 is 71.6. The predicted octanol–water partition coefficient (Wildman–Crippen LogP) is 17.4. The number of carbonyl (C=O) groups is 6. The maximum atomic E-state index is 14.0. The normalized spacial score (nSPS) is 16.1. The third-order valence-corrected chi connectivity index (χ3v) is 23.1. The summed E-state index contributed by atoms with van der Waals surface area (Å²) in [4.78, 5) is 83.4. The van der Waals surface area contributed by atoms with Gasteiger partial charge in [-0.25, -0.2) is 17.6 Å². The number of ether oxygens (including phenoxy) is 3. The van der Waals surface area contributed by atoms with Gasteiger partial charge in [-0.05, 0) is 172 Å². The number of carbonyl (C=O) groups excluding carboxylic acids is 6. The van der Waals surface area contributed by atoms with Crippen molar-refractivity contribution in [3.63, 3.8) is 0 Å². The van der Waals surface area contributed by atoms with Crippen LogP contribution in [0.4, 0.5) is 17.6 Å². The van der Waals surface area contributed by atoms with Crippen LogP contribution in [0.15, 0.2) is 126 Å². The molecule has 120 heavy (non-hydrogen) atoms. The minimum atomic E-state index is -0.418. The summed E-state index contributed by atoms with van der Waals surface area (Å²) in [5, 5.41) is 10.1. The average Bonchev–Trinajstić information content (AvgIpc) is 1.80. The van der Waals surface area contributed by atoms with Gasteiger partial charge < -0.3 is 45.7 Å². The second-order valence-corrected chi connectivity index (χ2v) is 35.9. The van der Waals surface area contributed by atoms with E-state index in [-0.39, 0.29) is 123 Å². The highest BCUT2D eigenvalue weighted by Gasteiger charge is 2.33. The molecule has 664 valence electrons. The zero-order valence-corrected chi connectivity index (χ0v) is 77.4. The maximum Gasteiger partial charge on any atom is 0.165 e. The average molecular weight is 1730 g/mol. The number of nitrogens with zero attached hydrogens (tertiary/aromatic N) is 4. The van der Waals surface area contributed by atoms with E-state index >= 15 is 0 Å². The van der Waals surface area contributed by atoms with Crippen LogP contribution in [-0.2, 0) is 28.8 Å². The van der Waals surface area contributed by atoms with Gasteiger partial charge in [0.15, 0.2) is 34.7 Å². The smallest absolute Gasteiger partial charge is 0.165 e. The van der Waals surface area contributed by atoms with Crippen molar-refractivity contribution in [2.24, 2.45) is 53.1 Å². The molecule has 2 saturated carbocycles. The molecule has 17 nitrogen and oxygen atoms in total. The Kier molecular flexibility index (Phi) is 45.0. The first-order chi connectivity index (χ1) is 56.8. The number of methoxy groups -OCH3 is 3. The lowest BCUT2D eigenvalue weighted by Crippen LogP contribution is -2.46. The molecule has 5 N–H and O–H groups in total. The van der Waals surface area contributed by atoms with Crippen molar-refractivity contribution in [3.8, 4) is 17.2 Å². The van der Waals surface area contributed by atoms with Gasteiger partial charge in [-0.3, -0.25) is 38.6 Å². The summed E-state index contributed by atoms with van der Waals surface area (Å²) >= 11 is 3.37. The first-order valence-corrected chi connectivity index (χ1v) is 44.1. The number of benzene rings is 6. The van der Waals surface area contributed by atoms with Crippen molar-refractivity contribution in [1.82, 2.24) is 35.6 Å². The molecule has 0 bridgehead atoms. The standard InChI is InChI=1S/2C18H27FN2O2.C17H24FNO2.C17H24FNO.C16H25NO.C12H16BrNO/c2*1-13(2)18(22)15(12-21-9-7-20(3)8-10-21)14-5-6-17(23-4)16(19)11-14;1-11(2)17(20)14(10-19-9-12-4-5-12)13-6-7-16(21-3)15(18)8-13;1-11(2)17(20)15(10-19-9-13-5-6-13)14-7-4-12(3)16(18)8-14;1-11(2)16(18)15(10-17-12(3)4)14-8-6-13(5)7-9-14;1-8(2)12(15)11(7-14)9-3-5-10(13)6-4-9/h2*5-6,11,13,15H,7-10,12H2,1-4H3;6-8,11-12,14,19H,4-5,9-10H2,1-3H3;4,7-8,11,13,15,19H,5-6,9-10H2,1-3H3;6-9,11-12,15,17H,10H2,1-5H3;3-6,8,11H,7,14H2,1-2H3/t2*15-;14-;2*15-;11-/m101111/s1. The molecule has 0 aromatic heterocycles. The Morgan fingerprint density at radius 1 is 0.392 bits per heavy atom. The van der Waals surface area contributed by atoms with Gasteiger partial charge in [-0.15, -0.1) is 0 Å². The summed E-state index contributed by atoms with van der Waals surface area (Å²) in [6.45, 7) is 44.2. The minimum Gasteiger partial charge on any atom is -0.494 e. The molecule has 0 spiro atoms. The highest BCUT2D eigenvalue weighted by Crippen LogP contribution is 2.34. The van der Waals surface area contributed by atoms with E-state index in [2.05, 4.69) is 111 Å². The van der Waals surface area contributed by atoms with Crippen LogP contribution in [0.1, 0.15) is 203 Å². The van der Waals surface area contributed by atoms with Crippen LogP contribution in [0.3, 0.4) is 0 Å². The first kappa shape index (κ1) is 103. The van der Waals surface area contributed by atoms with E-state index in [0.717, 1.165) is 122 Å². The van der Waals surface area contributed by atoms with Crippen LogP contribution in [0.25, 0.3) is 0 Å². The van der Waals surface area contributed by atoms with Gasteiger partial charge in [0.25, 0.3) is 0 Å². The van der Waals surface area contributed by atoms with Crippen molar-refractivity contribution in [2.45, 2.75) is 178 Å². The Hall–Kier alpha value is -7.38. The van der Waals surface area contributed by atoms with Crippen LogP contribution in [0.5, 0.6) is 17.2 Å². The van der Waals surface area contributed by atoms with Crippen molar-refractivity contribution < 1.29 is 60.5 Å². The number of rotatable bonds is 37. The van der Waals surface area contributed by atoms with Gasteiger partial charge in [-0.2, -0.15) is 0 Å². The number of Topliss-reactive ketones (excluding diaryl/α,β-unsaturated/α-hetero) is 6. The Balaban J connectivity index is 0.000000258.